The molecule has 1 saturated heterocycles. The van der Waals surface area contributed by atoms with Crippen molar-refractivity contribution in [2.75, 3.05) is 19.6 Å². The molecule has 0 spiro atoms. The number of nitrogens with zero attached hydrogens (tertiary/aromatic N) is 3. The Labute approximate surface area is 121 Å². The highest BCUT2D eigenvalue weighted by molar-refractivity contribution is 5.99. The second-order valence-corrected chi connectivity index (χ2v) is 5.68. The molecule has 0 unspecified atom stereocenters. The topological polar surface area (TPSA) is 69.3 Å². The zero-order valence-corrected chi connectivity index (χ0v) is 11.6. The van der Waals surface area contributed by atoms with Gasteiger partial charge in [0.15, 0.2) is 0 Å². The third-order valence-electron chi connectivity index (χ3n) is 4.20. The van der Waals surface area contributed by atoms with Gasteiger partial charge in [-0.25, -0.2) is 4.98 Å². The number of piperazine rings is 1. The molecule has 2 aliphatic rings. The first-order valence-electron chi connectivity index (χ1n) is 7.24. The molecule has 1 aliphatic carbocycles. The van der Waals surface area contributed by atoms with Gasteiger partial charge in [-0.05, 0) is 31.0 Å². The minimum atomic E-state index is -0.0877. The summed E-state index contributed by atoms with van der Waals surface area (Å²) in [5.74, 6) is -0.0185. The van der Waals surface area contributed by atoms with E-state index >= 15 is 0 Å². The van der Waals surface area contributed by atoms with Crippen molar-refractivity contribution in [1.29, 1.82) is 0 Å². The first-order valence-corrected chi connectivity index (χ1v) is 7.24. The Bertz CT molecular complexity index is 719. The number of benzene rings is 1. The quantitative estimate of drug-likeness (QED) is 0.894. The van der Waals surface area contributed by atoms with Crippen molar-refractivity contribution in [2.45, 2.75) is 18.9 Å². The van der Waals surface area contributed by atoms with Gasteiger partial charge in [0.05, 0.1) is 17.4 Å². The molecule has 0 bridgehead atoms. The maximum atomic E-state index is 12.5. The highest BCUT2D eigenvalue weighted by Crippen LogP contribution is 2.28. The van der Waals surface area contributed by atoms with Crippen LogP contribution in [0.5, 0.6) is 0 Å². The number of amides is 2. The van der Waals surface area contributed by atoms with Crippen molar-refractivity contribution in [3.8, 4) is 0 Å². The summed E-state index contributed by atoms with van der Waals surface area (Å²) in [6.07, 6.45) is 3.82. The van der Waals surface area contributed by atoms with E-state index in [-0.39, 0.29) is 18.4 Å². The normalized spacial score (nSPS) is 19.3. The molecular weight excluding hydrogens is 268 g/mol. The predicted molar refractivity (Wildman–Crippen MR) is 76.7 cm³/mol. The van der Waals surface area contributed by atoms with Gasteiger partial charge in [0, 0.05) is 24.7 Å². The van der Waals surface area contributed by atoms with E-state index in [2.05, 4.69) is 9.97 Å². The van der Waals surface area contributed by atoms with Gasteiger partial charge in [-0.2, -0.15) is 0 Å². The molecule has 1 N–H and O–H groups in total. The van der Waals surface area contributed by atoms with Crippen LogP contribution >= 0.6 is 0 Å². The van der Waals surface area contributed by atoms with E-state index in [1.165, 1.54) is 0 Å². The summed E-state index contributed by atoms with van der Waals surface area (Å²) in [5.41, 5.74) is 2.27. The number of carbonyl (C=O) groups is 2. The van der Waals surface area contributed by atoms with E-state index in [9.17, 15) is 9.59 Å². The van der Waals surface area contributed by atoms with Crippen LogP contribution in [0.1, 0.15) is 23.2 Å². The van der Waals surface area contributed by atoms with E-state index in [0.29, 0.717) is 24.7 Å². The van der Waals surface area contributed by atoms with E-state index in [4.69, 9.17) is 0 Å². The van der Waals surface area contributed by atoms with Gasteiger partial charge < -0.3 is 14.8 Å². The number of nitrogens with one attached hydrogen (secondary N) is 1. The second-order valence-electron chi connectivity index (χ2n) is 5.68. The van der Waals surface area contributed by atoms with Crippen molar-refractivity contribution in [2.24, 2.45) is 0 Å². The standard InChI is InChI=1S/C15H16N4O2/c20-14-8-18(5-6-19(14)11-2-3-11)15(21)10-1-4-12-13(7-10)17-9-16-12/h1,4,7,9,11H,2-3,5-6,8H2,(H,16,17). The van der Waals surface area contributed by atoms with Crippen molar-refractivity contribution in [3.05, 3.63) is 30.1 Å². The maximum Gasteiger partial charge on any atom is 0.254 e. The number of H-pyrrole nitrogens is 1. The van der Waals surface area contributed by atoms with Crippen LogP contribution < -0.4 is 0 Å². The average Bonchev–Trinajstić information content (AvgIpc) is 3.23. The second kappa shape index (κ2) is 4.58. The first-order chi connectivity index (χ1) is 10.2. The molecular formula is C15H16N4O2. The molecule has 6 nitrogen and oxygen atoms in total. The average molecular weight is 284 g/mol. The summed E-state index contributed by atoms with van der Waals surface area (Å²) in [6, 6.07) is 5.81. The zero-order valence-electron chi connectivity index (χ0n) is 11.6. The summed E-state index contributed by atoms with van der Waals surface area (Å²) in [4.78, 5) is 35.3. The fraction of sp³-hybridized carbons (Fsp3) is 0.400. The molecule has 0 atom stereocenters. The van der Waals surface area contributed by atoms with E-state index in [1.54, 1.807) is 23.4 Å². The van der Waals surface area contributed by atoms with Gasteiger partial charge in [-0.15, -0.1) is 0 Å². The van der Waals surface area contributed by atoms with Crippen LogP contribution in [-0.4, -0.2) is 57.3 Å². The molecule has 2 aromatic rings. The summed E-state index contributed by atoms with van der Waals surface area (Å²) in [5, 5.41) is 0. The van der Waals surface area contributed by atoms with Crippen LogP contribution in [0.3, 0.4) is 0 Å². The number of carbonyl (C=O) groups excluding carboxylic acids is 2. The van der Waals surface area contributed by atoms with Crippen LogP contribution in [0, 0.1) is 0 Å². The summed E-state index contributed by atoms with van der Waals surface area (Å²) in [6.45, 7) is 1.46. The highest BCUT2D eigenvalue weighted by Gasteiger charge is 2.36. The third-order valence-corrected chi connectivity index (χ3v) is 4.20. The minimum absolute atomic E-state index is 0.0692. The Balaban J connectivity index is 1.53. The molecule has 4 rings (SSSR count). The monoisotopic (exact) mass is 284 g/mol. The van der Waals surface area contributed by atoms with Crippen LogP contribution in [-0.2, 0) is 4.79 Å². The van der Waals surface area contributed by atoms with Crippen LogP contribution in [0.25, 0.3) is 11.0 Å². The lowest BCUT2D eigenvalue weighted by atomic mass is 10.1. The molecule has 2 heterocycles. The van der Waals surface area contributed by atoms with Crippen molar-refractivity contribution < 1.29 is 9.59 Å². The molecule has 6 heteroatoms. The molecule has 2 amide bonds. The minimum Gasteiger partial charge on any atom is -0.345 e. The van der Waals surface area contributed by atoms with E-state index in [1.807, 2.05) is 11.0 Å². The highest BCUT2D eigenvalue weighted by atomic mass is 16.2. The van der Waals surface area contributed by atoms with Gasteiger partial charge in [0.25, 0.3) is 5.91 Å². The molecule has 1 saturated carbocycles. The Morgan fingerprint density at radius 2 is 2.14 bits per heavy atom. The van der Waals surface area contributed by atoms with Crippen LogP contribution in [0.4, 0.5) is 0 Å². The fourth-order valence-electron chi connectivity index (χ4n) is 2.88. The molecule has 1 aliphatic heterocycles. The largest absolute Gasteiger partial charge is 0.345 e. The lowest BCUT2D eigenvalue weighted by molar-refractivity contribution is -0.135. The fourth-order valence-corrected chi connectivity index (χ4v) is 2.88. The predicted octanol–water partition coefficient (Wildman–Crippen LogP) is 1.01. The molecule has 21 heavy (non-hydrogen) atoms. The SMILES string of the molecule is O=C(c1ccc2nc[nH]c2c1)N1CCN(C2CC2)C(=O)C1. The van der Waals surface area contributed by atoms with Gasteiger partial charge in [-0.1, -0.05) is 0 Å². The molecule has 0 radical (unpaired) electrons. The summed E-state index contributed by atoms with van der Waals surface area (Å²) in [7, 11) is 0. The number of rotatable bonds is 2. The van der Waals surface area contributed by atoms with Gasteiger partial charge in [0.2, 0.25) is 5.91 Å². The van der Waals surface area contributed by atoms with Gasteiger partial charge in [-0.3, -0.25) is 9.59 Å². The Hall–Kier alpha value is -2.37. The first kappa shape index (κ1) is 12.4. The summed E-state index contributed by atoms with van der Waals surface area (Å²) < 4.78 is 0. The maximum absolute atomic E-state index is 12.5. The van der Waals surface area contributed by atoms with Crippen LogP contribution in [0.2, 0.25) is 0 Å². The lowest BCUT2D eigenvalue weighted by Gasteiger charge is -2.34. The number of aromatic nitrogens is 2. The molecule has 1 aromatic carbocycles. The Morgan fingerprint density at radius 1 is 1.29 bits per heavy atom. The summed E-state index contributed by atoms with van der Waals surface area (Å²) >= 11 is 0. The molecule has 2 fully saturated rings. The van der Waals surface area contributed by atoms with Crippen LogP contribution in [0.15, 0.2) is 24.5 Å². The van der Waals surface area contributed by atoms with Gasteiger partial charge in [0.1, 0.15) is 6.54 Å². The van der Waals surface area contributed by atoms with Crippen molar-refractivity contribution >= 4 is 22.8 Å². The van der Waals surface area contributed by atoms with E-state index < -0.39 is 0 Å². The number of imidazole rings is 1. The number of hydrogen-bond acceptors (Lipinski definition) is 3. The van der Waals surface area contributed by atoms with Crippen molar-refractivity contribution in [3.63, 3.8) is 0 Å². The molecule has 108 valence electrons. The smallest absolute Gasteiger partial charge is 0.254 e. The molecule has 1 aromatic heterocycles. The number of hydrogen-bond donors (Lipinski definition) is 1. The third kappa shape index (κ3) is 2.16. The number of aromatic amines is 1. The Morgan fingerprint density at radius 3 is 2.90 bits per heavy atom. The number of fused-ring (bicyclic) bond motifs is 1. The van der Waals surface area contributed by atoms with Crippen molar-refractivity contribution in [1.82, 2.24) is 19.8 Å². The zero-order chi connectivity index (χ0) is 14.4. The Kier molecular flexibility index (Phi) is 2.70. The van der Waals surface area contributed by atoms with Gasteiger partial charge >= 0.3 is 0 Å². The van der Waals surface area contributed by atoms with E-state index in [0.717, 1.165) is 23.9 Å². The lowest BCUT2D eigenvalue weighted by Crippen LogP contribution is -2.52.